The first kappa shape index (κ1) is 27.7. The highest BCUT2D eigenvalue weighted by atomic mass is 35.5. The molecule has 0 bridgehead atoms. The molecule has 0 amide bonds. The summed E-state index contributed by atoms with van der Waals surface area (Å²) >= 11 is 12.6. The van der Waals surface area contributed by atoms with Gasteiger partial charge >= 0.3 is 0 Å². The summed E-state index contributed by atoms with van der Waals surface area (Å²) in [6.07, 6.45) is 4.54. The second-order valence-corrected chi connectivity index (χ2v) is 12.9. The van der Waals surface area contributed by atoms with Crippen LogP contribution in [0.2, 0.25) is 10.0 Å². The number of anilines is 1. The van der Waals surface area contributed by atoms with Gasteiger partial charge in [-0.3, -0.25) is 4.79 Å². The van der Waals surface area contributed by atoms with Crippen molar-refractivity contribution in [2.45, 2.75) is 24.8 Å². The molecule has 5 aromatic carbocycles. The molecule has 4 heteroatoms. The van der Waals surface area contributed by atoms with Crippen molar-refractivity contribution in [3.8, 4) is 0 Å². The molecular formula is C39H31Cl2NO. The van der Waals surface area contributed by atoms with E-state index in [2.05, 4.69) is 98.6 Å². The van der Waals surface area contributed by atoms with Crippen molar-refractivity contribution >= 4 is 56.6 Å². The van der Waals surface area contributed by atoms with E-state index in [4.69, 9.17) is 23.2 Å². The summed E-state index contributed by atoms with van der Waals surface area (Å²) in [4.78, 5) is 17.4. The zero-order chi connectivity index (χ0) is 29.9. The third-order valence-electron chi connectivity index (χ3n) is 9.58. The molecule has 0 aromatic heterocycles. The van der Waals surface area contributed by atoms with Crippen molar-refractivity contribution in [2.75, 3.05) is 11.9 Å². The topological polar surface area (TPSA) is 20.3 Å². The van der Waals surface area contributed by atoms with Gasteiger partial charge in [0.05, 0.1) is 11.5 Å². The minimum absolute atomic E-state index is 0.0650. The number of carbonyl (C=O) groups excluding carboxylic acids is 1. The average Bonchev–Trinajstić information content (AvgIpc) is 3.19. The fraction of sp³-hybridized carbons (Fsp3) is 0.154. The molecule has 2 atom stereocenters. The normalized spacial score (nSPS) is 20.6. The van der Waals surface area contributed by atoms with Crippen molar-refractivity contribution in [3.63, 3.8) is 0 Å². The van der Waals surface area contributed by atoms with Gasteiger partial charge in [-0.25, -0.2) is 0 Å². The molecule has 2 nitrogen and oxygen atoms in total. The van der Waals surface area contributed by atoms with E-state index in [1.807, 2.05) is 42.5 Å². The first-order chi connectivity index (χ1) is 20.7. The molecule has 2 aliphatic rings. The van der Waals surface area contributed by atoms with Gasteiger partial charge in [0, 0.05) is 39.1 Å². The van der Waals surface area contributed by atoms with Crippen LogP contribution in [0.3, 0.4) is 0 Å². The van der Waals surface area contributed by atoms with Crippen molar-refractivity contribution in [1.29, 1.82) is 0 Å². The van der Waals surface area contributed by atoms with Gasteiger partial charge < -0.3 is 4.90 Å². The van der Waals surface area contributed by atoms with Gasteiger partial charge in [-0.2, -0.15) is 0 Å². The van der Waals surface area contributed by atoms with Gasteiger partial charge in [-0.15, -0.1) is 0 Å². The van der Waals surface area contributed by atoms with Crippen molar-refractivity contribution < 1.29 is 4.79 Å². The molecule has 0 saturated carbocycles. The molecule has 0 saturated heterocycles. The maximum absolute atomic E-state index is 15.0. The Labute approximate surface area is 262 Å². The summed E-state index contributed by atoms with van der Waals surface area (Å²) in [5, 5.41) is 3.66. The number of allylic oxidation sites excluding steroid dienone is 2. The van der Waals surface area contributed by atoms with Crippen LogP contribution in [0.4, 0.5) is 5.69 Å². The minimum atomic E-state index is -0.745. The fourth-order valence-electron chi connectivity index (χ4n) is 7.43. The van der Waals surface area contributed by atoms with E-state index >= 15 is 4.79 Å². The largest absolute Gasteiger partial charge is 0.363 e. The van der Waals surface area contributed by atoms with E-state index in [1.54, 1.807) is 12.1 Å². The number of hydrogen-bond acceptors (Lipinski definition) is 2. The molecule has 0 unspecified atom stereocenters. The quantitative estimate of drug-likeness (QED) is 0.191. The third-order valence-corrected chi connectivity index (χ3v) is 10.1. The molecule has 0 fully saturated rings. The number of halogens is 2. The SMILES string of the molecule is CN1c2c(ccc3ccccc23)C(C)(C)[C@]12C=C(c1ccc(Cl)cc1)C=C(c1ccccc1)[C@@H]2C(=O)c1ccc(Cl)cc1. The number of nitrogens with zero attached hydrogens (tertiary/aromatic N) is 1. The minimum Gasteiger partial charge on any atom is -0.363 e. The Bertz CT molecular complexity index is 1940. The zero-order valence-corrected chi connectivity index (χ0v) is 25.8. The van der Waals surface area contributed by atoms with Gasteiger partial charge in [0.25, 0.3) is 0 Å². The van der Waals surface area contributed by atoms with E-state index in [0.29, 0.717) is 15.6 Å². The Morgan fingerprint density at radius 3 is 2.05 bits per heavy atom. The molecule has 0 N–H and O–H groups in total. The van der Waals surface area contributed by atoms with Crippen LogP contribution < -0.4 is 4.90 Å². The molecule has 5 aromatic rings. The van der Waals surface area contributed by atoms with Crippen LogP contribution in [0.25, 0.3) is 21.9 Å². The lowest BCUT2D eigenvalue weighted by Gasteiger charge is -2.52. The van der Waals surface area contributed by atoms with E-state index in [0.717, 1.165) is 28.0 Å². The van der Waals surface area contributed by atoms with Gasteiger partial charge in [0.2, 0.25) is 0 Å². The number of fused-ring (bicyclic) bond motifs is 3. The Morgan fingerprint density at radius 2 is 1.35 bits per heavy atom. The number of benzene rings is 5. The highest BCUT2D eigenvalue weighted by Gasteiger charge is 2.62. The van der Waals surface area contributed by atoms with Gasteiger partial charge in [-0.1, -0.05) is 116 Å². The molecule has 7 rings (SSSR count). The monoisotopic (exact) mass is 599 g/mol. The van der Waals surface area contributed by atoms with Crippen LogP contribution in [-0.4, -0.2) is 18.4 Å². The zero-order valence-electron chi connectivity index (χ0n) is 24.3. The molecule has 212 valence electrons. The number of ketones is 1. The summed E-state index contributed by atoms with van der Waals surface area (Å²) in [5.74, 6) is -0.450. The lowest BCUT2D eigenvalue weighted by Crippen LogP contribution is -2.61. The second kappa shape index (κ2) is 10.3. The molecular weight excluding hydrogens is 569 g/mol. The first-order valence-corrected chi connectivity index (χ1v) is 15.3. The summed E-state index contributed by atoms with van der Waals surface area (Å²) in [7, 11) is 2.16. The third kappa shape index (κ3) is 4.19. The number of hydrogen-bond donors (Lipinski definition) is 0. The van der Waals surface area contributed by atoms with Gasteiger partial charge in [0.1, 0.15) is 0 Å². The van der Waals surface area contributed by atoms with Crippen LogP contribution in [0, 0.1) is 5.92 Å². The highest BCUT2D eigenvalue weighted by Crippen LogP contribution is 2.61. The number of carbonyl (C=O) groups is 1. The predicted octanol–water partition coefficient (Wildman–Crippen LogP) is 10.3. The van der Waals surface area contributed by atoms with E-state index in [9.17, 15) is 0 Å². The van der Waals surface area contributed by atoms with Crippen LogP contribution in [0.1, 0.15) is 40.9 Å². The Hall–Kier alpha value is -4.11. The predicted molar refractivity (Wildman–Crippen MR) is 181 cm³/mol. The Balaban J connectivity index is 1.57. The van der Waals surface area contributed by atoms with Crippen LogP contribution >= 0.6 is 23.2 Å². The number of rotatable bonds is 4. The summed E-state index contributed by atoms with van der Waals surface area (Å²) < 4.78 is 0. The second-order valence-electron chi connectivity index (χ2n) is 12.1. The van der Waals surface area contributed by atoms with Crippen molar-refractivity contribution in [1.82, 2.24) is 0 Å². The van der Waals surface area contributed by atoms with E-state index < -0.39 is 16.9 Å². The summed E-state index contributed by atoms with van der Waals surface area (Å²) in [5.41, 5.74) is 5.96. The van der Waals surface area contributed by atoms with Crippen LogP contribution in [-0.2, 0) is 5.41 Å². The van der Waals surface area contributed by atoms with E-state index in [-0.39, 0.29) is 5.78 Å². The highest BCUT2D eigenvalue weighted by molar-refractivity contribution is 6.31. The Morgan fingerprint density at radius 1 is 0.721 bits per heavy atom. The van der Waals surface area contributed by atoms with Crippen molar-refractivity contribution in [2.24, 2.45) is 5.92 Å². The van der Waals surface area contributed by atoms with E-state index in [1.165, 1.54) is 16.3 Å². The summed E-state index contributed by atoms with van der Waals surface area (Å²) in [6.45, 7) is 4.58. The Kier molecular flexibility index (Phi) is 6.61. The number of likely N-dealkylation sites (N-methyl/N-ethyl adjacent to an activating group) is 1. The molecule has 1 aliphatic heterocycles. The van der Waals surface area contributed by atoms with Crippen molar-refractivity contribution in [3.05, 3.63) is 160 Å². The van der Waals surface area contributed by atoms with Gasteiger partial charge in [-0.05, 0) is 81.8 Å². The fourth-order valence-corrected chi connectivity index (χ4v) is 7.69. The smallest absolute Gasteiger partial charge is 0.173 e. The molecule has 1 aliphatic carbocycles. The molecule has 0 radical (unpaired) electrons. The lowest BCUT2D eigenvalue weighted by molar-refractivity contribution is 0.0885. The molecule has 1 spiro atoms. The molecule has 1 heterocycles. The van der Waals surface area contributed by atoms with Crippen LogP contribution in [0.15, 0.2) is 127 Å². The van der Waals surface area contributed by atoms with Gasteiger partial charge in [0.15, 0.2) is 5.78 Å². The average molecular weight is 601 g/mol. The first-order valence-electron chi connectivity index (χ1n) is 14.5. The number of Topliss-reactive ketones (excluding diaryl/α,β-unsaturated/α-hetero) is 1. The standard InChI is InChI=1S/C39H31Cl2NO/c1-38(2)34-22-17-27-11-7-8-12-32(27)36(34)42(3)39(38)24-29(25-13-18-30(40)19-14-25)23-33(26-9-5-4-6-10-26)35(39)37(43)28-15-20-31(41)21-16-28/h4-24,35H,1-3H3/t35-,39-/m1/s1. The summed E-state index contributed by atoms with van der Waals surface area (Å²) in [6, 6.07) is 38.6. The molecule has 43 heavy (non-hydrogen) atoms. The maximum Gasteiger partial charge on any atom is 0.173 e. The van der Waals surface area contributed by atoms with Crippen LogP contribution in [0.5, 0.6) is 0 Å². The lowest BCUT2D eigenvalue weighted by atomic mass is 9.57. The maximum atomic E-state index is 15.0.